The summed E-state index contributed by atoms with van der Waals surface area (Å²) in [6.45, 7) is -0.657. The van der Waals surface area contributed by atoms with E-state index in [2.05, 4.69) is 4.98 Å². The highest BCUT2D eigenvalue weighted by atomic mass is 19.4. The number of para-hydroxylation sites is 1. The Morgan fingerprint density at radius 3 is 2.57 bits per heavy atom. The van der Waals surface area contributed by atoms with E-state index in [1.54, 1.807) is 6.07 Å². The van der Waals surface area contributed by atoms with Gasteiger partial charge in [-0.25, -0.2) is 9.78 Å². The van der Waals surface area contributed by atoms with Crippen LogP contribution in [-0.4, -0.2) is 23.3 Å². The van der Waals surface area contributed by atoms with E-state index in [1.807, 2.05) is 30.3 Å². The first kappa shape index (κ1) is 19.3. The first-order valence-corrected chi connectivity index (χ1v) is 8.24. The number of alkyl halides is 3. The van der Waals surface area contributed by atoms with Crippen LogP contribution in [0.1, 0.15) is 21.6 Å². The van der Waals surface area contributed by atoms with Crippen molar-refractivity contribution in [3.63, 3.8) is 0 Å². The van der Waals surface area contributed by atoms with Gasteiger partial charge < -0.3 is 4.74 Å². The molecule has 0 fully saturated rings. The van der Waals surface area contributed by atoms with Crippen molar-refractivity contribution >= 4 is 28.7 Å². The van der Waals surface area contributed by atoms with Crippen molar-refractivity contribution in [2.75, 3.05) is 6.61 Å². The lowest BCUT2D eigenvalue weighted by atomic mass is 10.1. The molecule has 1 aromatic heterocycles. The maximum absolute atomic E-state index is 12.7. The molecule has 0 N–H and O–H groups in total. The van der Waals surface area contributed by atoms with Crippen molar-refractivity contribution in [3.8, 4) is 0 Å². The van der Waals surface area contributed by atoms with Crippen LogP contribution < -0.4 is 0 Å². The predicted octanol–water partition coefficient (Wildman–Crippen LogP) is 4.69. The number of fused-ring (bicyclic) bond motifs is 1. The lowest BCUT2D eigenvalue weighted by molar-refractivity contribution is -0.138. The SMILES string of the molecule is O=C(/C=C/c1ccc2ccccc2n1)OCC(=O)c1cccc(C(F)(F)F)c1. The van der Waals surface area contributed by atoms with Crippen LogP contribution in [0.2, 0.25) is 0 Å². The van der Waals surface area contributed by atoms with E-state index in [1.165, 1.54) is 12.1 Å². The first-order valence-electron chi connectivity index (χ1n) is 8.24. The molecule has 2 aromatic carbocycles. The van der Waals surface area contributed by atoms with Gasteiger partial charge in [-0.15, -0.1) is 0 Å². The molecular formula is C21H14F3NO3. The molecule has 3 rings (SSSR count). The van der Waals surface area contributed by atoms with Crippen LogP contribution >= 0.6 is 0 Å². The van der Waals surface area contributed by atoms with Gasteiger partial charge in [-0.1, -0.05) is 36.4 Å². The lowest BCUT2D eigenvalue weighted by Gasteiger charge is -2.08. The zero-order valence-electron chi connectivity index (χ0n) is 14.4. The number of ether oxygens (including phenoxy) is 1. The number of pyridine rings is 1. The maximum Gasteiger partial charge on any atom is 0.416 e. The third kappa shape index (κ3) is 4.82. The average molecular weight is 385 g/mol. The molecular weight excluding hydrogens is 371 g/mol. The predicted molar refractivity (Wildman–Crippen MR) is 97.5 cm³/mol. The van der Waals surface area contributed by atoms with E-state index < -0.39 is 30.1 Å². The Labute approximate surface area is 158 Å². The van der Waals surface area contributed by atoms with Crippen molar-refractivity contribution < 1.29 is 27.5 Å². The van der Waals surface area contributed by atoms with Gasteiger partial charge in [0.1, 0.15) is 0 Å². The number of esters is 1. The zero-order valence-corrected chi connectivity index (χ0v) is 14.4. The van der Waals surface area contributed by atoms with Crippen LogP contribution in [0.4, 0.5) is 13.2 Å². The number of nitrogens with zero attached hydrogens (tertiary/aromatic N) is 1. The molecule has 4 nitrogen and oxygen atoms in total. The number of Topliss-reactive ketones (excluding diaryl/α,β-unsaturated/α-hetero) is 1. The molecule has 0 amide bonds. The van der Waals surface area contributed by atoms with Crippen molar-refractivity contribution in [1.82, 2.24) is 4.98 Å². The summed E-state index contributed by atoms with van der Waals surface area (Å²) in [6.07, 6.45) is -2.01. The van der Waals surface area contributed by atoms with Crippen LogP contribution in [0.25, 0.3) is 17.0 Å². The summed E-state index contributed by atoms with van der Waals surface area (Å²) in [7, 11) is 0. The Kier molecular flexibility index (Phi) is 5.54. The molecule has 0 saturated heterocycles. The Morgan fingerprint density at radius 2 is 1.79 bits per heavy atom. The monoisotopic (exact) mass is 385 g/mol. The average Bonchev–Trinajstić information content (AvgIpc) is 2.69. The van der Waals surface area contributed by atoms with Crippen LogP contribution in [0, 0.1) is 0 Å². The number of carbonyl (C=O) groups is 2. The Hall–Kier alpha value is -3.48. The van der Waals surface area contributed by atoms with Crippen LogP contribution in [-0.2, 0) is 15.7 Å². The molecule has 0 saturated carbocycles. The van der Waals surface area contributed by atoms with Gasteiger partial charge in [-0.3, -0.25) is 4.79 Å². The fourth-order valence-corrected chi connectivity index (χ4v) is 2.47. The molecule has 0 radical (unpaired) electrons. The number of ketones is 1. The molecule has 0 spiro atoms. The van der Waals surface area contributed by atoms with E-state index in [-0.39, 0.29) is 5.56 Å². The van der Waals surface area contributed by atoms with Crippen molar-refractivity contribution in [3.05, 3.63) is 83.6 Å². The number of halogens is 3. The third-order valence-corrected chi connectivity index (χ3v) is 3.87. The van der Waals surface area contributed by atoms with Gasteiger partial charge in [0.05, 0.1) is 16.8 Å². The Balaban J connectivity index is 1.60. The number of aromatic nitrogens is 1. The first-order chi connectivity index (χ1) is 13.3. The second kappa shape index (κ2) is 8.04. The quantitative estimate of drug-likeness (QED) is 0.363. The maximum atomic E-state index is 12.7. The summed E-state index contributed by atoms with van der Waals surface area (Å²) in [6, 6.07) is 15.0. The number of rotatable bonds is 5. The van der Waals surface area contributed by atoms with Crippen LogP contribution in [0.3, 0.4) is 0 Å². The molecule has 28 heavy (non-hydrogen) atoms. The van der Waals surface area contributed by atoms with Crippen molar-refractivity contribution in [2.24, 2.45) is 0 Å². The highest BCUT2D eigenvalue weighted by Gasteiger charge is 2.30. The van der Waals surface area contributed by atoms with Crippen molar-refractivity contribution in [2.45, 2.75) is 6.18 Å². The van der Waals surface area contributed by atoms with E-state index in [4.69, 9.17) is 4.74 Å². The normalized spacial score (nSPS) is 11.7. The summed E-state index contributed by atoms with van der Waals surface area (Å²) >= 11 is 0. The van der Waals surface area contributed by atoms with Gasteiger partial charge in [0.15, 0.2) is 12.4 Å². The zero-order chi connectivity index (χ0) is 20.1. The summed E-state index contributed by atoms with van der Waals surface area (Å²) < 4.78 is 42.9. The fourth-order valence-electron chi connectivity index (χ4n) is 2.47. The molecule has 0 unspecified atom stereocenters. The highest BCUT2D eigenvalue weighted by molar-refractivity contribution is 5.99. The van der Waals surface area contributed by atoms with Gasteiger partial charge in [0.25, 0.3) is 0 Å². The minimum Gasteiger partial charge on any atom is -0.454 e. The van der Waals surface area contributed by atoms with Gasteiger partial charge in [0, 0.05) is 17.0 Å². The second-order valence-electron chi connectivity index (χ2n) is 5.87. The molecule has 3 aromatic rings. The summed E-state index contributed by atoms with van der Waals surface area (Å²) in [5, 5.41) is 0.953. The van der Waals surface area contributed by atoms with Crippen molar-refractivity contribution in [1.29, 1.82) is 0 Å². The van der Waals surface area contributed by atoms with Gasteiger partial charge >= 0.3 is 12.1 Å². The molecule has 1 heterocycles. The Bertz CT molecular complexity index is 1060. The van der Waals surface area contributed by atoms with Crippen LogP contribution in [0.15, 0.2) is 66.7 Å². The molecule has 0 aliphatic carbocycles. The number of benzene rings is 2. The molecule has 0 atom stereocenters. The summed E-state index contributed by atoms with van der Waals surface area (Å²) in [5.74, 6) is -1.52. The molecule has 0 aliphatic heterocycles. The molecule has 7 heteroatoms. The van der Waals surface area contributed by atoms with E-state index >= 15 is 0 Å². The minimum atomic E-state index is -4.55. The van der Waals surface area contributed by atoms with Gasteiger partial charge in [-0.05, 0) is 30.3 Å². The van der Waals surface area contributed by atoms with Gasteiger partial charge in [-0.2, -0.15) is 13.2 Å². The van der Waals surface area contributed by atoms with Crippen LogP contribution in [0.5, 0.6) is 0 Å². The largest absolute Gasteiger partial charge is 0.454 e. The smallest absolute Gasteiger partial charge is 0.416 e. The lowest BCUT2D eigenvalue weighted by Crippen LogP contribution is -2.14. The van der Waals surface area contributed by atoms with Gasteiger partial charge in [0.2, 0.25) is 0 Å². The van der Waals surface area contributed by atoms with E-state index in [9.17, 15) is 22.8 Å². The minimum absolute atomic E-state index is 0.178. The fraction of sp³-hybridized carbons (Fsp3) is 0.0952. The summed E-state index contributed by atoms with van der Waals surface area (Å²) in [5.41, 5.74) is 0.173. The third-order valence-electron chi connectivity index (χ3n) is 3.87. The molecule has 0 bridgehead atoms. The number of carbonyl (C=O) groups excluding carboxylic acids is 2. The summed E-state index contributed by atoms with van der Waals surface area (Å²) in [4.78, 5) is 28.1. The highest BCUT2D eigenvalue weighted by Crippen LogP contribution is 2.29. The number of hydrogen-bond donors (Lipinski definition) is 0. The van der Waals surface area contributed by atoms with E-state index in [0.717, 1.165) is 35.2 Å². The Morgan fingerprint density at radius 1 is 1.00 bits per heavy atom. The topological polar surface area (TPSA) is 56.3 Å². The van der Waals surface area contributed by atoms with E-state index in [0.29, 0.717) is 5.69 Å². The molecule has 0 aliphatic rings. The number of hydrogen-bond acceptors (Lipinski definition) is 4. The second-order valence-corrected chi connectivity index (χ2v) is 5.87. The molecule has 142 valence electrons. The standard InChI is InChI=1S/C21H14F3NO3/c22-21(23,24)16-6-3-5-15(12-16)19(26)13-28-20(27)11-10-17-9-8-14-4-1-2-7-18(14)25-17/h1-12H,13H2/b11-10+.